The maximum atomic E-state index is 5.04. The second-order valence-electron chi connectivity index (χ2n) is 3.19. The fraction of sp³-hybridized carbons (Fsp3) is 0.455. The van der Waals surface area contributed by atoms with Gasteiger partial charge in [-0.1, -0.05) is 35.6 Å². The summed E-state index contributed by atoms with van der Waals surface area (Å²) in [6.45, 7) is 2.06. The third-order valence-corrected chi connectivity index (χ3v) is 2.09. The zero-order chi connectivity index (χ0) is 10.4. The molecule has 1 aromatic rings. The molecule has 1 atom stereocenters. The molecule has 0 aliphatic heterocycles. The van der Waals surface area contributed by atoms with E-state index in [9.17, 15) is 0 Å². The Kier molecular flexibility index (Phi) is 4.59. The highest BCUT2D eigenvalue weighted by Gasteiger charge is 2.12. The van der Waals surface area contributed by atoms with Crippen LogP contribution in [-0.2, 0) is 16.1 Å². The van der Waals surface area contributed by atoms with Gasteiger partial charge in [-0.3, -0.25) is 9.68 Å². The maximum absolute atomic E-state index is 5.04. The van der Waals surface area contributed by atoms with Gasteiger partial charge in [0.2, 0.25) is 0 Å². The lowest BCUT2D eigenvalue weighted by Crippen LogP contribution is -2.32. The molecule has 1 rings (SSSR count). The molecule has 0 fully saturated rings. The summed E-state index contributed by atoms with van der Waals surface area (Å²) in [5.41, 5.74) is 1.28. The zero-order valence-electron chi connectivity index (χ0n) is 8.93. The Morgan fingerprint density at radius 1 is 1.14 bits per heavy atom. The highest BCUT2D eigenvalue weighted by Crippen LogP contribution is 2.08. The Morgan fingerprint density at radius 3 is 2.21 bits per heavy atom. The number of hydrogen-bond donors (Lipinski definition) is 0. The lowest BCUT2D eigenvalue weighted by Gasteiger charge is -2.23. The number of benzene rings is 1. The van der Waals surface area contributed by atoms with Gasteiger partial charge in [-0.25, -0.2) is 0 Å². The summed E-state index contributed by atoms with van der Waals surface area (Å²) in [4.78, 5) is 10.1. The van der Waals surface area contributed by atoms with E-state index in [2.05, 4.69) is 19.1 Å². The van der Waals surface area contributed by atoms with Gasteiger partial charge in [0.05, 0.1) is 20.3 Å². The van der Waals surface area contributed by atoms with Crippen LogP contribution in [0.4, 0.5) is 0 Å². The Morgan fingerprint density at radius 2 is 1.71 bits per heavy atom. The molecule has 3 heteroatoms. The number of rotatable bonds is 5. The molecule has 0 heterocycles. The van der Waals surface area contributed by atoms with Crippen LogP contribution in [0.5, 0.6) is 0 Å². The summed E-state index contributed by atoms with van der Waals surface area (Å²) >= 11 is 0. The fourth-order valence-electron chi connectivity index (χ4n) is 1.46. The van der Waals surface area contributed by atoms with Gasteiger partial charge < -0.3 is 0 Å². The first-order valence-electron chi connectivity index (χ1n) is 4.69. The summed E-state index contributed by atoms with van der Waals surface area (Å²) in [7, 11) is 3.20. The van der Waals surface area contributed by atoms with E-state index < -0.39 is 0 Å². The van der Waals surface area contributed by atoms with Crippen LogP contribution in [0.15, 0.2) is 30.3 Å². The largest absolute Gasteiger partial charge is 0.277 e. The van der Waals surface area contributed by atoms with E-state index >= 15 is 0 Å². The van der Waals surface area contributed by atoms with Crippen molar-refractivity contribution >= 4 is 0 Å². The summed E-state index contributed by atoms with van der Waals surface area (Å²) in [6.07, 6.45) is 0.905. The monoisotopic (exact) mass is 195 g/mol. The average Bonchev–Trinajstić information content (AvgIpc) is 2.21. The van der Waals surface area contributed by atoms with Gasteiger partial charge >= 0.3 is 0 Å². The molecular formula is C11H17NO2. The molecule has 0 saturated carbocycles. The van der Waals surface area contributed by atoms with Crippen LogP contribution in [0.3, 0.4) is 0 Å². The molecule has 14 heavy (non-hydrogen) atoms. The van der Waals surface area contributed by atoms with Crippen LogP contribution in [0.25, 0.3) is 0 Å². The van der Waals surface area contributed by atoms with Crippen LogP contribution in [0.1, 0.15) is 12.5 Å². The molecule has 0 bridgehead atoms. The second-order valence-corrected chi connectivity index (χ2v) is 3.19. The van der Waals surface area contributed by atoms with Gasteiger partial charge in [0.1, 0.15) is 0 Å². The minimum Gasteiger partial charge on any atom is -0.277 e. The Bertz CT molecular complexity index is 247. The van der Waals surface area contributed by atoms with E-state index in [0.29, 0.717) is 0 Å². The summed E-state index contributed by atoms with van der Waals surface area (Å²) in [6, 6.07) is 10.5. The normalized spacial score (nSPS) is 13.1. The molecule has 0 N–H and O–H groups in total. The summed E-state index contributed by atoms with van der Waals surface area (Å²) in [5.74, 6) is 0. The molecule has 1 aromatic carbocycles. The molecule has 3 nitrogen and oxygen atoms in total. The van der Waals surface area contributed by atoms with E-state index in [4.69, 9.17) is 9.68 Å². The Hall–Kier alpha value is -0.900. The first-order chi connectivity index (χ1) is 6.77. The van der Waals surface area contributed by atoms with E-state index in [1.54, 1.807) is 14.2 Å². The van der Waals surface area contributed by atoms with Crippen molar-refractivity contribution in [2.45, 2.75) is 19.4 Å². The molecule has 0 saturated heterocycles. The number of nitrogens with zero attached hydrogens (tertiary/aromatic N) is 1. The van der Waals surface area contributed by atoms with E-state index in [1.807, 2.05) is 18.2 Å². The summed E-state index contributed by atoms with van der Waals surface area (Å²) in [5, 5.41) is 1.49. The Labute approximate surface area is 85.2 Å². The number of hydrogen-bond acceptors (Lipinski definition) is 3. The lowest BCUT2D eigenvalue weighted by atomic mass is 10.1. The first kappa shape index (κ1) is 11.2. The minimum absolute atomic E-state index is 0.201. The van der Waals surface area contributed by atoms with Crippen molar-refractivity contribution in [1.82, 2.24) is 5.23 Å². The standard InChI is InChI=1S/C11H17NO2/c1-10(12(13-2)14-3)9-11-7-5-4-6-8-11/h4-8,10H,9H2,1-3H3. The number of hydroxylamine groups is 2. The molecule has 0 aliphatic rings. The van der Waals surface area contributed by atoms with Crippen molar-refractivity contribution < 1.29 is 9.68 Å². The van der Waals surface area contributed by atoms with Gasteiger partial charge in [0.25, 0.3) is 0 Å². The predicted octanol–water partition coefficient (Wildman–Crippen LogP) is 2.04. The molecular weight excluding hydrogens is 178 g/mol. The third kappa shape index (κ3) is 3.10. The fourth-order valence-corrected chi connectivity index (χ4v) is 1.46. The van der Waals surface area contributed by atoms with Crippen LogP contribution in [0, 0.1) is 0 Å². The van der Waals surface area contributed by atoms with Gasteiger partial charge in [0, 0.05) is 0 Å². The zero-order valence-corrected chi connectivity index (χ0v) is 8.93. The average molecular weight is 195 g/mol. The molecule has 0 aromatic heterocycles. The van der Waals surface area contributed by atoms with Crippen molar-refractivity contribution in [3.63, 3.8) is 0 Å². The van der Waals surface area contributed by atoms with Crippen molar-refractivity contribution in [2.75, 3.05) is 14.2 Å². The predicted molar refractivity (Wildman–Crippen MR) is 55.5 cm³/mol. The van der Waals surface area contributed by atoms with Crippen molar-refractivity contribution in [1.29, 1.82) is 0 Å². The minimum atomic E-state index is 0.201. The van der Waals surface area contributed by atoms with E-state index in [0.717, 1.165) is 6.42 Å². The maximum Gasteiger partial charge on any atom is 0.0640 e. The molecule has 0 spiro atoms. The SMILES string of the molecule is CON(OC)C(C)Cc1ccccc1. The third-order valence-electron chi connectivity index (χ3n) is 2.09. The molecule has 0 aliphatic carbocycles. The van der Waals surface area contributed by atoms with Crippen LogP contribution < -0.4 is 0 Å². The molecule has 0 amide bonds. The Balaban J connectivity index is 2.52. The topological polar surface area (TPSA) is 21.7 Å². The quantitative estimate of drug-likeness (QED) is 0.671. The van der Waals surface area contributed by atoms with Crippen LogP contribution in [0.2, 0.25) is 0 Å². The first-order valence-corrected chi connectivity index (χ1v) is 4.69. The highest BCUT2D eigenvalue weighted by atomic mass is 16.9. The lowest BCUT2D eigenvalue weighted by molar-refractivity contribution is -0.361. The van der Waals surface area contributed by atoms with Crippen LogP contribution >= 0.6 is 0 Å². The molecule has 1 unspecified atom stereocenters. The highest BCUT2D eigenvalue weighted by molar-refractivity contribution is 5.15. The van der Waals surface area contributed by atoms with E-state index in [1.165, 1.54) is 10.8 Å². The second kappa shape index (κ2) is 5.75. The van der Waals surface area contributed by atoms with Gasteiger partial charge in [-0.2, -0.15) is 0 Å². The van der Waals surface area contributed by atoms with Crippen molar-refractivity contribution in [2.24, 2.45) is 0 Å². The molecule has 0 radical (unpaired) electrons. The van der Waals surface area contributed by atoms with E-state index in [-0.39, 0.29) is 6.04 Å². The van der Waals surface area contributed by atoms with Crippen LogP contribution in [-0.4, -0.2) is 25.5 Å². The summed E-state index contributed by atoms with van der Waals surface area (Å²) < 4.78 is 0. The van der Waals surface area contributed by atoms with Gasteiger partial charge in [0.15, 0.2) is 0 Å². The van der Waals surface area contributed by atoms with Crippen molar-refractivity contribution in [3.05, 3.63) is 35.9 Å². The van der Waals surface area contributed by atoms with Gasteiger partial charge in [-0.05, 0) is 18.9 Å². The molecule has 78 valence electrons. The van der Waals surface area contributed by atoms with Crippen molar-refractivity contribution in [3.8, 4) is 0 Å². The smallest absolute Gasteiger partial charge is 0.0640 e. The van der Waals surface area contributed by atoms with Gasteiger partial charge in [-0.15, -0.1) is 0 Å².